The van der Waals surface area contributed by atoms with Gasteiger partial charge in [-0.15, -0.1) is 0 Å². The SMILES string of the molecule is CCc1ccc(CC(Cc2ccc(F)cc2F)NN)cc1. The minimum absolute atomic E-state index is 0.0996. The van der Waals surface area contributed by atoms with Gasteiger partial charge < -0.3 is 0 Å². The van der Waals surface area contributed by atoms with Crippen molar-refractivity contribution in [2.45, 2.75) is 32.2 Å². The molecule has 0 saturated carbocycles. The van der Waals surface area contributed by atoms with Gasteiger partial charge in [-0.2, -0.15) is 0 Å². The van der Waals surface area contributed by atoms with Crippen molar-refractivity contribution in [3.8, 4) is 0 Å². The van der Waals surface area contributed by atoms with Gasteiger partial charge in [-0.25, -0.2) is 8.78 Å². The molecule has 3 N–H and O–H groups in total. The molecule has 112 valence electrons. The van der Waals surface area contributed by atoms with Crippen LogP contribution < -0.4 is 11.3 Å². The third-order valence-corrected chi connectivity index (χ3v) is 3.63. The predicted octanol–water partition coefficient (Wildman–Crippen LogP) is 3.14. The van der Waals surface area contributed by atoms with Crippen LogP contribution in [0.2, 0.25) is 0 Å². The Bertz CT molecular complexity index is 582. The molecule has 0 fully saturated rings. The number of hydrogen-bond donors (Lipinski definition) is 2. The highest BCUT2D eigenvalue weighted by Crippen LogP contribution is 2.14. The molecule has 21 heavy (non-hydrogen) atoms. The molecule has 1 unspecified atom stereocenters. The first kappa shape index (κ1) is 15.6. The fraction of sp³-hybridized carbons (Fsp3) is 0.294. The maximum atomic E-state index is 13.7. The van der Waals surface area contributed by atoms with Gasteiger partial charge in [-0.1, -0.05) is 37.3 Å². The van der Waals surface area contributed by atoms with Crippen LogP contribution >= 0.6 is 0 Å². The Labute approximate surface area is 124 Å². The predicted molar refractivity (Wildman–Crippen MR) is 80.7 cm³/mol. The molecule has 1 atom stereocenters. The van der Waals surface area contributed by atoms with Crippen molar-refractivity contribution in [3.05, 3.63) is 70.8 Å². The normalized spacial score (nSPS) is 12.4. The van der Waals surface area contributed by atoms with E-state index < -0.39 is 11.6 Å². The molecule has 4 heteroatoms. The number of halogens is 2. The molecule has 0 bridgehead atoms. The van der Waals surface area contributed by atoms with E-state index in [1.807, 2.05) is 0 Å². The quantitative estimate of drug-likeness (QED) is 0.633. The molecule has 0 aliphatic rings. The summed E-state index contributed by atoms with van der Waals surface area (Å²) in [6.45, 7) is 2.11. The third kappa shape index (κ3) is 4.34. The van der Waals surface area contributed by atoms with E-state index in [4.69, 9.17) is 5.84 Å². The molecule has 0 amide bonds. The molecule has 2 nitrogen and oxygen atoms in total. The van der Waals surface area contributed by atoms with E-state index in [0.29, 0.717) is 18.4 Å². The summed E-state index contributed by atoms with van der Waals surface area (Å²) in [5.41, 5.74) is 5.59. The molecule has 2 aromatic carbocycles. The fourth-order valence-electron chi connectivity index (χ4n) is 2.34. The van der Waals surface area contributed by atoms with Crippen molar-refractivity contribution in [1.29, 1.82) is 0 Å². The monoisotopic (exact) mass is 290 g/mol. The Hall–Kier alpha value is -1.78. The van der Waals surface area contributed by atoms with E-state index in [1.54, 1.807) is 0 Å². The number of benzene rings is 2. The summed E-state index contributed by atoms with van der Waals surface area (Å²) in [5, 5.41) is 0. The second-order valence-electron chi connectivity index (χ2n) is 5.18. The summed E-state index contributed by atoms with van der Waals surface area (Å²) in [4.78, 5) is 0. The number of aryl methyl sites for hydroxylation is 1. The molecule has 0 radical (unpaired) electrons. The Kier molecular flexibility index (Phi) is 5.42. The van der Waals surface area contributed by atoms with E-state index in [1.165, 1.54) is 17.7 Å². The molecule has 0 aromatic heterocycles. The topological polar surface area (TPSA) is 38.0 Å². The van der Waals surface area contributed by atoms with Crippen molar-refractivity contribution in [3.63, 3.8) is 0 Å². The second kappa shape index (κ2) is 7.29. The summed E-state index contributed by atoms with van der Waals surface area (Å²) in [5.74, 6) is 4.46. The van der Waals surface area contributed by atoms with Crippen LogP contribution in [0.3, 0.4) is 0 Å². The van der Waals surface area contributed by atoms with Gasteiger partial charge >= 0.3 is 0 Å². The number of hydrazine groups is 1. The van der Waals surface area contributed by atoms with Crippen LogP contribution in [0.1, 0.15) is 23.6 Å². The standard InChI is InChI=1S/C17H20F2N2/c1-2-12-3-5-13(6-4-12)9-16(21-20)10-14-7-8-15(18)11-17(14)19/h3-8,11,16,21H,2,9-10,20H2,1H3. The zero-order chi connectivity index (χ0) is 15.2. The summed E-state index contributed by atoms with van der Waals surface area (Å²) in [6.07, 6.45) is 2.11. The van der Waals surface area contributed by atoms with Crippen molar-refractivity contribution < 1.29 is 8.78 Å². The maximum Gasteiger partial charge on any atom is 0.129 e. The number of nitrogens with one attached hydrogen (secondary N) is 1. The summed E-state index contributed by atoms with van der Waals surface area (Å²) < 4.78 is 26.6. The van der Waals surface area contributed by atoms with Crippen molar-refractivity contribution in [1.82, 2.24) is 5.43 Å². The molecule has 0 heterocycles. The zero-order valence-corrected chi connectivity index (χ0v) is 12.1. The zero-order valence-electron chi connectivity index (χ0n) is 12.1. The van der Waals surface area contributed by atoms with Crippen molar-refractivity contribution in [2.75, 3.05) is 0 Å². The fourth-order valence-corrected chi connectivity index (χ4v) is 2.34. The van der Waals surface area contributed by atoms with Gasteiger partial charge in [0.05, 0.1) is 0 Å². The lowest BCUT2D eigenvalue weighted by Gasteiger charge is -2.16. The smallest absolute Gasteiger partial charge is 0.129 e. The van der Waals surface area contributed by atoms with E-state index in [9.17, 15) is 8.78 Å². The van der Waals surface area contributed by atoms with E-state index in [2.05, 4.69) is 36.6 Å². The van der Waals surface area contributed by atoms with E-state index in [0.717, 1.165) is 18.1 Å². The molecule has 2 aromatic rings. The van der Waals surface area contributed by atoms with Crippen molar-refractivity contribution in [2.24, 2.45) is 5.84 Å². The Morgan fingerprint density at radius 2 is 1.67 bits per heavy atom. The summed E-state index contributed by atoms with van der Waals surface area (Å²) in [7, 11) is 0. The van der Waals surface area contributed by atoms with Gasteiger partial charge in [0.1, 0.15) is 11.6 Å². The van der Waals surface area contributed by atoms with Crippen molar-refractivity contribution >= 4 is 0 Å². The van der Waals surface area contributed by atoms with Crippen LogP contribution in [0.4, 0.5) is 8.78 Å². The molecule has 0 saturated heterocycles. The van der Waals surface area contributed by atoms with Crippen LogP contribution in [0, 0.1) is 11.6 Å². The first-order chi connectivity index (χ1) is 10.1. The van der Waals surface area contributed by atoms with Gasteiger partial charge in [0.2, 0.25) is 0 Å². The van der Waals surface area contributed by atoms with Crippen LogP contribution in [-0.2, 0) is 19.3 Å². The van der Waals surface area contributed by atoms with Gasteiger partial charge in [-0.05, 0) is 42.0 Å². The molecule has 0 aliphatic carbocycles. The third-order valence-electron chi connectivity index (χ3n) is 3.63. The molecular weight excluding hydrogens is 270 g/mol. The van der Waals surface area contributed by atoms with Gasteiger partial charge in [0, 0.05) is 12.1 Å². The first-order valence-electron chi connectivity index (χ1n) is 7.10. The maximum absolute atomic E-state index is 13.7. The lowest BCUT2D eigenvalue weighted by atomic mass is 9.98. The summed E-state index contributed by atoms with van der Waals surface area (Å²) >= 11 is 0. The minimum atomic E-state index is -0.566. The second-order valence-corrected chi connectivity index (χ2v) is 5.18. The van der Waals surface area contributed by atoms with E-state index >= 15 is 0 Å². The molecular formula is C17H20F2N2. The highest BCUT2D eigenvalue weighted by molar-refractivity contribution is 5.24. The lowest BCUT2D eigenvalue weighted by Crippen LogP contribution is -2.38. The molecule has 0 aliphatic heterocycles. The molecule has 2 rings (SSSR count). The highest BCUT2D eigenvalue weighted by Gasteiger charge is 2.12. The Balaban J connectivity index is 2.05. The summed E-state index contributed by atoms with van der Waals surface area (Å²) in [6, 6.07) is 11.8. The van der Waals surface area contributed by atoms with Crippen LogP contribution in [0.15, 0.2) is 42.5 Å². The van der Waals surface area contributed by atoms with Gasteiger partial charge in [-0.3, -0.25) is 11.3 Å². The van der Waals surface area contributed by atoms with Gasteiger partial charge in [0.15, 0.2) is 0 Å². The number of nitrogens with two attached hydrogens (primary N) is 1. The lowest BCUT2D eigenvalue weighted by molar-refractivity contribution is 0.502. The number of hydrogen-bond acceptors (Lipinski definition) is 2. The van der Waals surface area contributed by atoms with Crippen LogP contribution in [-0.4, -0.2) is 6.04 Å². The Morgan fingerprint density at radius 1 is 1.00 bits per heavy atom. The van der Waals surface area contributed by atoms with Gasteiger partial charge in [0.25, 0.3) is 0 Å². The molecule has 0 spiro atoms. The Morgan fingerprint density at radius 3 is 2.24 bits per heavy atom. The van der Waals surface area contributed by atoms with Crippen LogP contribution in [0.5, 0.6) is 0 Å². The van der Waals surface area contributed by atoms with E-state index in [-0.39, 0.29) is 6.04 Å². The first-order valence-corrected chi connectivity index (χ1v) is 7.10. The number of rotatable bonds is 6. The highest BCUT2D eigenvalue weighted by atomic mass is 19.1. The minimum Gasteiger partial charge on any atom is -0.271 e. The average Bonchev–Trinajstić information content (AvgIpc) is 2.49. The average molecular weight is 290 g/mol. The van der Waals surface area contributed by atoms with Crippen LogP contribution in [0.25, 0.3) is 0 Å². The largest absolute Gasteiger partial charge is 0.271 e.